The molecule has 0 saturated carbocycles. The summed E-state index contributed by atoms with van der Waals surface area (Å²) in [7, 11) is 0. The van der Waals surface area contributed by atoms with Crippen molar-refractivity contribution in [3.63, 3.8) is 0 Å². The number of aliphatic hydroxyl groups is 1. The number of ether oxygens (including phenoxy) is 4. The molecule has 2 aliphatic heterocycles. The number of thioether (sulfide) groups is 1. The number of carbonyl (C=O) groups excluding carboxylic acids is 2. The number of rotatable bonds is 13. The summed E-state index contributed by atoms with van der Waals surface area (Å²) >= 11 is 2.70. The number of hydrogen-bond acceptors (Lipinski definition) is 11. The Balaban J connectivity index is 1.41. The standard InChI is InChI=1S/C35H35N3O7S2/c1-3-5-9-16-43-25-14-12-23(19-27(25)42-4-2)30-29(31(39)24-13-15-26-28(20-24)45-18-17-44-26)32(40)33(41)38(30)34-36-37-35(47-34)46-21-22-10-7-6-8-11-22/h6-8,10-15,19-20,30,39H,3-5,9,16-18,21H2,1-2H3/b31-29+/t30-/m1/s1. The zero-order valence-electron chi connectivity index (χ0n) is 26.1. The lowest BCUT2D eigenvalue weighted by molar-refractivity contribution is -0.132. The predicted molar refractivity (Wildman–Crippen MR) is 181 cm³/mol. The van der Waals surface area contributed by atoms with Crippen LogP contribution in [0.15, 0.2) is 76.6 Å². The van der Waals surface area contributed by atoms with E-state index in [2.05, 4.69) is 17.1 Å². The fourth-order valence-corrected chi connectivity index (χ4v) is 7.21. The van der Waals surface area contributed by atoms with Crippen molar-refractivity contribution in [3.8, 4) is 23.0 Å². The quantitative estimate of drug-likeness (QED) is 0.0390. The number of aromatic nitrogens is 2. The largest absolute Gasteiger partial charge is 0.507 e. The van der Waals surface area contributed by atoms with Gasteiger partial charge in [0.15, 0.2) is 27.3 Å². The molecule has 1 aromatic heterocycles. The highest BCUT2D eigenvalue weighted by Gasteiger charge is 2.48. The van der Waals surface area contributed by atoms with E-state index in [0.717, 1.165) is 24.8 Å². The molecule has 10 nitrogen and oxygen atoms in total. The van der Waals surface area contributed by atoms with Gasteiger partial charge in [-0.2, -0.15) is 0 Å². The Labute approximate surface area is 281 Å². The Hall–Kier alpha value is -4.55. The van der Waals surface area contributed by atoms with Crippen molar-refractivity contribution in [2.75, 3.05) is 31.3 Å². The third-order valence-corrected chi connectivity index (χ3v) is 9.78. The molecule has 244 valence electrons. The molecule has 0 bridgehead atoms. The first-order chi connectivity index (χ1) is 23.0. The van der Waals surface area contributed by atoms with Gasteiger partial charge < -0.3 is 24.1 Å². The van der Waals surface area contributed by atoms with Gasteiger partial charge in [0.1, 0.15) is 19.0 Å². The monoisotopic (exact) mass is 673 g/mol. The van der Waals surface area contributed by atoms with Crippen molar-refractivity contribution < 1.29 is 33.6 Å². The van der Waals surface area contributed by atoms with E-state index < -0.39 is 17.7 Å². The van der Waals surface area contributed by atoms with Crippen LogP contribution in [0.2, 0.25) is 0 Å². The van der Waals surface area contributed by atoms with Crippen molar-refractivity contribution in [3.05, 3.63) is 89.0 Å². The van der Waals surface area contributed by atoms with Gasteiger partial charge >= 0.3 is 5.91 Å². The molecule has 0 aliphatic carbocycles. The van der Waals surface area contributed by atoms with Crippen molar-refractivity contribution in [2.24, 2.45) is 0 Å². The number of carbonyl (C=O) groups is 2. The molecule has 0 unspecified atom stereocenters. The Bertz CT molecular complexity index is 1780. The Kier molecular flexibility index (Phi) is 10.3. The number of fused-ring (bicyclic) bond motifs is 1. The average molecular weight is 674 g/mol. The summed E-state index contributed by atoms with van der Waals surface area (Å²) in [6, 6.07) is 19.2. The molecule has 1 fully saturated rings. The lowest BCUT2D eigenvalue weighted by atomic mass is 9.95. The smallest absolute Gasteiger partial charge is 0.301 e. The van der Waals surface area contributed by atoms with Crippen LogP contribution in [-0.2, 0) is 15.3 Å². The summed E-state index contributed by atoms with van der Waals surface area (Å²) in [5.41, 5.74) is 1.89. The summed E-state index contributed by atoms with van der Waals surface area (Å²) in [6.45, 7) is 5.68. The first-order valence-corrected chi connectivity index (χ1v) is 17.4. The number of amides is 1. The van der Waals surface area contributed by atoms with Gasteiger partial charge in [-0.3, -0.25) is 14.5 Å². The van der Waals surface area contributed by atoms with E-state index in [0.29, 0.717) is 70.6 Å². The molecular formula is C35H35N3O7S2. The molecule has 0 radical (unpaired) electrons. The average Bonchev–Trinajstić information content (AvgIpc) is 3.67. The van der Waals surface area contributed by atoms with Gasteiger partial charge in [0, 0.05) is 11.3 Å². The SMILES string of the molecule is CCCCCOc1ccc([C@@H]2/C(=C(\O)c3ccc4c(c3)OCCO4)C(=O)C(=O)N2c2nnc(SCc3ccccc3)s2)cc1OCC. The van der Waals surface area contributed by atoms with Crippen LogP contribution in [0.4, 0.5) is 5.13 Å². The van der Waals surface area contributed by atoms with Crippen LogP contribution < -0.4 is 23.8 Å². The molecule has 6 rings (SSSR count). The highest BCUT2D eigenvalue weighted by molar-refractivity contribution is 8.00. The summed E-state index contributed by atoms with van der Waals surface area (Å²) in [5.74, 6) is 0.687. The third-order valence-electron chi connectivity index (χ3n) is 7.66. The Morgan fingerprint density at radius 1 is 0.957 bits per heavy atom. The van der Waals surface area contributed by atoms with E-state index in [-0.39, 0.29) is 16.5 Å². The van der Waals surface area contributed by atoms with Crippen LogP contribution in [-0.4, -0.2) is 53.4 Å². The minimum Gasteiger partial charge on any atom is -0.507 e. The van der Waals surface area contributed by atoms with Crippen molar-refractivity contribution >= 4 is 45.7 Å². The number of benzene rings is 3. The van der Waals surface area contributed by atoms with Gasteiger partial charge in [0.25, 0.3) is 5.78 Å². The molecule has 47 heavy (non-hydrogen) atoms. The van der Waals surface area contributed by atoms with E-state index >= 15 is 0 Å². The maximum Gasteiger partial charge on any atom is 0.301 e. The summed E-state index contributed by atoms with van der Waals surface area (Å²) in [4.78, 5) is 28.9. The number of hydrogen-bond donors (Lipinski definition) is 1. The second-order valence-electron chi connectivity index (χ2n) is 10.8. The summed E-state index contributed by atoms with van der Waals surface area (Å²) in [6.07, 6.45) is 3.02. The van der Waals surface area contributed by atoms with Crippen LogP contribution in [0.25, 0.3) is 5.76 Å². The van der Waals surface area contributed by atoms with Crippen LogP contribution >= 0.6 is 23.1 Å². The van der Waals surface area contributed by atoms with E-state index in [4.69, 9.17) is 18.9 Å². The highest BCUT2D eigenvalue weighted by Crippen LogP contribution is 2.46. The maximum absolute atomic E-state index is 13.8. The van der Waals surface area contributed by atoms with Crippen LogP contribution in [0.5, 0.6) is 23.0 Å². The number of unbranched alkanes of at least 4 members (excludes halogenated alkanes) is 2. The first-order valence-electron chi connectivity index (χ1n) is 15.6. The number of ketones is 1. The lowest BCUT2D eigenvalue weighted by Gasteiger charge is -2.24. The van der Waals surface area contributed by atoms with E-state index in [9.17, 15) is 14.7 Å². The Morgan fingerprint density at radius 3 is 2.55 bits per heavy atom. The van der Waals surface area contributed by atoms with Gasteiger partial charge in [-0.1, -0.05) is 79.3 Å². The summed E-state index contributed by atoms with van der Waals surface area (Å²) in [5, 5.41) is 20.6. The van der Waals surface area contributed by atoms with Gasteiger partial charge in [0.05, 0.1) is 24.8 Å². The molecule has 2 aliphatic rings. The van der Waals surface area contributed by atoms with Crippen molar-refractivity contribution in [2.45, 2.75) is 49.2 Å². The molecule has 3 heterocycles. The fourth-order valence-electron chi connectivity index (χ4n) is 5.39. The number of aliphatic hydroxyl groups excluding tert-OH is 1. The minimum atomic E-state index is -1.02. The fraction of sp³-hybridized carbons (Fsp3) is 0.314. The van der Waals surface area contributed by atoms with Crippen LogP contribution in [0.1, 0.15) is 55.8 Å². The van der Waals surface area contributed by atoms with E-state index in [1.165, 1.54) is 28.0 Å². The molecule has 1 amide bonds. The first kappa shape index (κ1) is 32.4. The summed E-state index contributed by atoms with van der Waals surface area (Å²) < 4.78 is 24.0. The number of Topliss-reactive ketones (excluding diaryl/α,β-unsaturated/α-hetero) is 1. The molecule has 3 aromatic carbocycles. The molecule has 12 heteroatoms. The Morgan fingerprint density at radius 2 is 1.77 bits per heavy atom. The second-order valence-corrected chi connectivity index (χ2v) is 13.0. The number of anilines is 1. The van der Waals surface area contributed by atoms with E-state index in [1.807, 2.05) is 37.3 Å². The van der Waals surface area contributed by atoms with Gasteiger partial charge in [0.2, 0.25) is 5.13 Å². The normalized spacial score (nSPS) is 16.8. The highest BCUT2D eigenvalue weighted by atomic mass is 32.2. The molecule has 4 aromatic rings. The van der Waals surface area contributed by atoms with Crippen LogP contribution in [0.3, 0.4) is 0 Å². The third kappa shape index (κ3) is 7.08. The zero-order valence-corrected chi connectivity index (χ0v) is 27.8. The second kappa shape index (κ2) is 14.9. The van der Waals surface area contributed by atoms with Gasteiger partial charge in [-0.25, -0.2) is 0 Å². The van der Waals surface area contributed by atoms with Gasteiger partial charge in [-0.15, -0.1) is 10.2 Å². The zero-order chi connectivity index (χ0) is 32.8. The molecule has 1 saturated heterocycles. The predicted octanol–water partition coefficient (Wildman–Crippen LogP) is 7.20. The van der Waals surface area contributed by atoms with Gasteiger partial charge in [-0.05, 0) is 54.8 Å². The minimum absolute atomic E-state index is 0.0839. The topological polar surface area (TPSA) is 120 Å². The van der Waals surface area contributed by atoms with E-state index in [1.54, 1.807) is 36.4 Å². The maximum atomic E-state index is 13.8. The molecule has 0 spiro atoms. The molecule has 1 N–H and O–H groups in total. The molecule has 1 atom stereocenters. The van der Waals surface area contributed by atoms with Crippen molar-refractivity contribution in [1.82, 2.24) is 10.2 Å². The number of nitrogens with zero attached hydrogens (tertiary/aromatic N) is 3. The van der Waals surface area contributed by atoms with Crippen molar-refractivity contribution in [1.29, 1.82) is 0 Å². The van der Waals surface area contributed by atoms with Crippen LogP contribution in [0, 0.1) is 0 Å². The lowest BCUT2D eigenvalue weighted by Crippen LogP contribution is -2.29. The molecular weight excluding hydrogens is 639 g/mol.